The van der Waals surface area contributed by atoms with Crippen molar-refractivity contribution < 1.29 is 18.0 Å². The van der Waals surface area contributed by atoms with Gasteiger partial charge in [-0.2, -0.15) is 13.2 Å². The number of alkyl halides is 3. The smallest absolute Gasteiger partial charge is 0.325 e. The molecule has 0 aliphatic rings. The van der Waals surface area contributed by atoms with Gasteiger partial charge in [0.1, 0.15) is 5.82 Å². The van der Waals surface area contributed by atoms with Crippen LogP contribution in [0.2, 0.25) is 0 Å². The fraction of sp³-hybridized carbons (Fsp3) is 0.312. The Hall–Kier alpha value is -2.29. The van der Waals surface area contributed by atoms with Crippen LogP contribution in [0.1, 0.15) is 18.3 Å². The lowest BCUT2D eigenvalue weighted by atomic mass is 10.2. The van der Waals surface area contributed by atoms with Crippen LogP contribution in [0.4, 0.5) is 18.9 Å². The number of benzene rings is 1. The Bertz CT molecular complexity index is 758. The SMILES string of the molecule is C=CCn1c(CC)nnc1SCC(=O)Nc1cccc(C(F)(F)F)c1. The molecule has 1 amide bonds. The number of carbonyl (C=O) groups is 1. The summed E-state index contributed by atoms with van der Waals surface area (Å²) >= 11 is 1.17. The van der Waals surface area contributed by atoms with Crippen LogP contribution in [-0.4, -0.2) is 26.4 Å². The summed E-state index contributed by atoms with van der Waals surface area (Å²) in [5.74, 6) is 0.367. The minimum absolute atomic E-state index is 0.00916. The number of nitrogens with one attached hydrogen (secondary N) is 1. The van der Waals surface area contributed by atoms with Gasteiger partial charge >= 0.3 is 6.18 Å². The fourth-order valence-corrected chi connectivity index (χ4v) is 2.87. The van der Waals surface area contributed by atoms with Crippen LogP contribution in [0.3, 0.4) is 0 Å². The van der Waals surface area contributed by atoms with Crippen molar-refractivity contribution in [3.8, 4) is 0 Å². The average molecular weight is 370 g/mol. The molecule has 1 aromatic carbocycles. The predicted molar refractivity (Wildman–Crippen MR) is 90.4 cm³/mol. The number of amides is 1. The van der Waals surface area contributed by atoms with Gasteiger partial charge in [0.15, 0.2) is 5.16 Å². The highest BCUT2D eigenvalue weighted by Gasteiger charge is 2.30. The molecular formula is C16H17F3N4OS. The van der Waals surface area contributed by atoms with E-state index < -0.39 is 17.6 Å². The van der Waals surface area contributed by atoms with E-state index in [1.807, 2.05) is 11.5 Å². The van der Waals surface area contributed by atoms with Gasteiger partial charge < -0.3 is 9.88 Å². The molecule has 134 valence electrons. The van der Waals surface area contributed by atoms with Crippen molar-refractivity contribution in [2.45, 2.75) is 31.2 Å². The van der Waals surface area contributed by atoms with Crippen LogP contribution in [0, 0.1) is 0 Å². The van der Waals surface area contributed by atoms with Crippen LogP contribution in [0.25, 0.3) is 0 Å². The molecule has 0 unspecified atom stereocenters. The number of aryl methyl sites for hydroxylation is 1. The Balaban J connectivity index is 2.00. The first kappa shape index (κ1) is 19.0. The zero-order valence-electron chi connectivity index (χ0n) is 13.5. The average Bonchev–Trinajstić information content (AvgIpc) is 2.95. The highest BCUT2D eigenvalue weighted by atomic mass is 32.2. The third-order valence-corrected chi connectivity index (χ3v) is 4.19. The molecule has 5 nitrogen and oxygen atoms in total. The monoisotopic (exact) mass is 370 g/mol. The maximum Gasteiger partial charge on any atom is 0.416 e. The van der Waals surface area contributed by atoms with E-state index in [4.69, 9.17) is 0 Å². The minimum Gasteiger partial charge on any atom is -0.325 e. The molecule has 0 fully saturated rings. The van der Waals surface area contributed by atoms with Gasteiger partial charge in [-0.3, -0.25) is 4.79 Å². The van der Waals surface area contributed by atoms with Crippen molar-refractivity contribution in [2.24, 2.45) is 0 Å². The van der Waals surface area contributed by atoms with E-state index in [0.717, 1.165) is 18.0 Å². The molecule has 2 aromatic rings. The van der Waals surface area contributed by atoms with Gasteiger partial charge in [0, 0.05) is 18.7 Å². The number of nitrogens with zero attached hydrogens (tertiary/aromatic N) is 3. The Labute approximate surface area is 147 Å². The van der Waals surface area contributed by atoms with Crippen LogP contribution >= 0.6 is 11.8 Å². The molecule has 9 heteroatoms. The third kappa shape index (κ3) is 5.09. The van der Waals surface area contributed by atoms with Gasteiger partial charge in [-0.1, -0.05) is 30.8 Å². The second kappa shape index (κ2) is 8.19. The molecule has 0 atom stereocenters. The summed E-state index contributed by atoms with van der Waals surface area (Å²) in [6, 6.07) is 4.51. The maximum atomic E-state index is 12.7. The summed E-state index contributed by atoms with van der Waals surface area (Å²) in [6.07, 6.45) is -2.06. The molecule has 1 aromatic heterocycles. The number of hydrogen-bond acceptors (Lipinski definition) is 4. The van der Waals surface area contributed by atoms with E-state index >= 15 is 0 Å². The molecule has 0 spiro atoms. The summed E-state index contributed by atoms with van der Waals surface area (Å²) in [7, 11) is 0. The van der Waals surface area contributed by atoms with Gasteiger partial charge in [-0.25, -0.2) is 0 Å². The third-order valence-electron chi connectivity index (χ3n) is 3.23. The van der Waals surface area contributed by atoms with Crippen molar-refractivity contribution in [3.63, 3.8) is 0 Å². The van der Waals surface area contributed by atoms with E-state index in [9.17, 15) is 18.0 Å². The molecule has 0 saturated carbocycles. The van der Waals surface area contributed by atoms with Crippen molar-refractivity contribution >= 4 is 23.4 Å². The summed E-state index contributed by atoms with van der Waals surface area (Å²) in [4.78, 5) is 12.0. The van der Waals surface area contributed by atoms with Gasteiger partial charge in [0.05, 0.1) is 11.3 Å². The lowest BCUT2D eigenvalue weighted by molar-refractivity contribution is -0.137. The molecule has 0 saturated heterocycles. The molecule has 1 N–H and O–H groups in total. The Morgan fingerprint density at radius 2 is 2.16 bits per heavy atom. The molecule has 0 aliphatic heterocycles. The summed E-state index contributed by atoms with van der Waals surface area (Å²) < 4.78 is 39.9. The number of halogens is 3. The Morgan fingerprint density at radius 1 is 1.40 bits per heavy atom. The van der Waals surface area contributed by atoms with Crippen LogP contribution < -0.4 is 5.32 Å². The van der Waals surface area contributed by atoms with Crippen molar-refractivity contribution in [1.82, 2.24) is 14.8 Å². The van der Waals surface area contributed by atoms with Crippen LogP contribution in [0.15, 0.2) is 42.1 Å². The van der Waals surface area contributed by atoms with E-state index in [2.05, 4.69) is 22.1 Å². The molecule has 0 aliphatic carbocycles. The first-order valence-corrected chi connectivity index (χ1v) is 8.46. The normalized spacial score (nSPS) is 11.4. The topological polar surface area (TPSA) is 59.8 Å². The summed E-state index contributed by atoms with van der Waals surface area (Å²) in [5.41, 5.74) is -0.710. The van der Waals surface area contributed by atoms with Gasteiger partial charge in [-0.15, -0.1) is 16.8 Å². The van der Waals surface area contributed by atoms with Gasteiger partial charge in [0.25, 0.3) is 0 Å². The van der Waals surface area contributed by atoms with Crippen LogP contribution in [-0.2, 0) is 23.9 Å². The second-order valence-electron chi connectivity index (χ2n) is 5.07. The molecule has 0 radical (unpaired) electrons. The standard InChI is InChI=1S/C16H17F3N4OS/c1-3-8-23-13(4-2)21-22-15(23)25-10-14(24)20-12-7-5-6-11(9-12)16(17,18)19/h3,5-7,9H,1,4,8,10H2,2H3,(H,20,24). The number of rotatable bonds is 7. The zero-order valence-corrected chi connectivity index (χ0v) is 14.3. The molecule has 25 heavy (non-hydrogen) atoms. The fourth-order valence-electron chi connectivity index (χ4n) is 2.10. The lowest BCUT2D eigenvalue weighted by Crippen LogP contribution is -2.15. The number of allylic oxidation sites excluding steroid dienone is 1. The number of hydrogen-bond donors (Lipinski definition) is 1. The maximum absolute atomic E-state index is 12.7. The molecular weight excluding hydrogens is 353 g/mol. The number of thioether (sulfide) groups is 1. The van der Waals surface area contributed by atoms with E-state index in [1.54, 1.807) is 6.08 Å². The van der Waals surface area contributed by atoms with Gasteiger partial charge in [-0.05, 0) is 18.2 Å². The molecule has 1 heterocycles. The highest BCUT2D eigenvalue weighted by molar-refractivity contribution is 7.99. The Morgan fingerprint density at radius 3 is 2.80 bits per heavy atom. The molecule has 0 bridgehead atoms. The number of anilines is 1. The van der Waals surface area contributed by atoms with Gasteiger partial charge in [0.2, 0.25) is 5.91 Å². The molecule has 2 rings (SSSR count). The summed E-state index contributed by atoms with van der Waals surface area (Å²) in [5, 5.41) is 11.1. The number of aromatic nitrogens is 3. The van der Waals surface area contributed by atoms with Crippen LogP contribution in [0.5, 0.6) is 0 Å². The van der Waals surface area contributed by atoms with E-state index in [0.29, 0.717) is 18.1 Å². The van der Waals surface area contributed by atoms with Crippen molar-refractivity contribution in [2.75, 3.05) is 11.1 Å². The van der Waals surface area contributed by atoms with E-state index in [-0.39, 0.29) is 11.4 Å². The number of carbonyl (C=O) groups excluding carboxylic acids is 1. The van der Waals surface area contributed by atoms with Crippen molar-refractivity contribution in [1.29, 1.82) is 0 Å². The zero-order chi connectivity index (χ0) is 18.4. The van der Waals surface area contributed by atoms with Crippen molar-refractivity contribution in [3.05, 3.63) is 48.3 Å². The minimum atomic E-state index is -4.45. The summed E-state index contributed by atoms with van der Waals surface area (Å²) in [6.45, 7) is 6.14. The second-order valence-corrected chi connectivity index (χ2v) is 6.01. The quantitative estimate of drug-likeness (QED) is 0.595. The lowest BCUT2D eigenvalue weighted by Gasteiger charge is -2.10. The first-order chi connectivity index (χ1) is 11.8. The Kier molecular flexibility index (Phi) is 6.24. The largest absolute Gasteiger partial charge is 0.416 e. The first-order valence-electron chi connectivity index (χ1n) is 7.48. The predicted octanol–water partition coefficient (Wildman–Crippen LogP) is 3.78. The highest BCUT2D eigenvalue weighted by Crippen LogP contribution is 2.30. The van der Waals surface area contributed by atoms with E-state index in [1.165, 1.54) is 23.9 Å².